The largest absolute Gasteiger partial charge is 0.371 e. The van der Waals surface area contributed by atoms with Crippen molar-refractivity contribution in [3.05, 3.63) is 54.9 Å². The zero-order valence-electron chi connectivity index (χ0n) is 29.2. The summed E-state index contributed by atoms with van der Waals surface area (Å²) in [4.78, 5) is 13.6. The minimum absolute atomic E-state index is 0.367. The van der Waals surface area contributed by atoms with E-state index in [9.17, 15) is 0 Å². The lowest BCUT2D eigenvalue weighted by molar-refractivity contribution is 0.500. The molecule has 0 amide bonds. The van der Waals surface area contributed by atoms with Crippen LogP contribution in [0, 0.1) is 11.8 Å². The second kappa shape index (κ2) is 19.8. The van der Waals surface area contributed by atoms with E-state index in [2.05, 4.69) is 122 Å². The van der Waals surface area contributed by atoms with Crippen LogP contribution in [0.5, 0.6) is 0 Å². The number of nitrogens with zero attached hydrogens (tertiary/aromatic N) is 6. The number of hydrogen-bond donors (Lipinski definition) is 2. The van der Waals surface area contributed by atoms with Crippen molar-refractivity contribution in [1.82, 2.24) is 20.2 Å². The lowest BCUT2D eigenvalue weighted by Crippen LogP contribution is -2.32. The maximum atomic E-state index is 4.67. The minimum atomic E-state index is 0.367. The lowest BCUT2D eigenvalue weighted by Gasteiger charge is -2.30. The van der Waals surface area contributed by atoms with Crippen LogP contribution in [-0.2, 0) is 0 Å². The van der Waals surface area contributed by atoms with Crippen molar-refractivity contribution in [2.24, 2.45) is 11.8 Å². The van der Waals surface area contributed by atoms with Gasteiger partial charge in [-0.2, -0.15) is 0 Å². The van der Waals surface area contributed by atoms with Gasteiger partial charge in [-0.05, 0) is 76.1 Å². The van der Waals surface area contributed by atoms with Gasteiger partial charge in [-0.15, -0.1) is 10.2 Å². The van der Waals surface area contributed by atoms with E-state index < -0.39 is 0 Å². The number of anilines is 5. The highest BCUT2D eigenvalue weighted by Crippen LogP contribution is 2.22. The van der Waals surface area contributed by atoms with E-state index in [0.29, 0.717) is 41.7 Å². The lowest BCUT2D eigenvalue weighted by atomic mass is 10.0. The third kappa shape index (κ3) is 13.9. The quantitative estimate of drug-likeness (QED) is 0.148. The van der Waals surface area contributed by atoms with E-state index >= 15 is 0 Å². The molecule has 2 heterocycles. The number of para-hydroxylation sites is 1. The van der Waals surface area contributed by atoms with E-state index in [1.165, 1.54) is 44.2 Å². The standard InChI is InChI=1S/C19H35N3.C17H25N5/c1-14(2)11-16(5)21(7)18-9-10-19(20-13-18)22(8)17(6)12-15(3)4;1-3-4-5-7-10-14(2)19-17-18-13-16(21-22-17)20-15-11-8-6-9-12-15/h9-10,13-17H,11-12H2,1-8H3;6,8-9,11-14H,3-5,7,10H2,1-2H3,(H,20,21)(H,18,19,22). The summed E-state index contributed by atoms with van der Waals surface area (Å²) in [7, 11) is 4.30. The number of hydrogen-bond acceptors (Lipinski definition) is 8. The Labute approximate surface area is 268 Å². The predicted molar refractivity (Wildman–Crippen MR) is 190 cm³/mol. The molecule has 0 saturated heterocycles. The molecule has 3 aromatic rings. The maximum Gasteiger partial charge on any atom is 0.243 e. The van der Waals surface area contributed by atoms with Crippen LogP contribution >= 0.6 is 0 Å². The summed E-state index contributed by atoms with van der Waals surface area (Å²) in [6, 6.07) is 15.6. The highest BCUT2D eigenvalue weighted by Gasteiger charge is 2.15. The zero-order valence-corrected chi connectivity index (χ0v) is 29.2. The number of aromatic nitrogens is 4. The maximum absolute atomic E-state index is 4.67. The van der Waals surface area contributed by atoms with Gasteiger partial charge in [0.05, 0.1) is 18.1 Å². The van der Waals surface area contributed by atoms with Gasteiger partial charge in [0.25, 0.3) is 0 Å². The van der Waals surface area contributed by atoms with Gasteiger partial charge in [-0.1, -0.05) is 78.5 Å². The molecule has 0 fully saturated rings. The van der Waals surface area contributed by atoms with Gasteiger partial charge in [0.2, 0.25) is 5.95 Å². The van der Waals surface area contributed by atoms with Crippen LogP contribution in [0.2, 0.25) is 0 Å². The minimum Gasteiger partial charge on any atom is -0.371 e. The first-order chi connectivity index (χ1) is 21.0. The van der Waals surface area contributed by atoms with Crippen LogP contribution in [0.25, 0.3) is 0 Å². The first-order valence-electron chi connectivity index (χ1n) is 16.7. The van der Waals surface area contributed by atoms with Crippen LogP contribution < -0.4 is 20.4 Å². The van der Waals surface area contributed by atoms with Crippen molar-refractivity contribution < 1.29 is 0 Å². The van der Waals surface area contributed by atoms with E-state index in [-0.39, 0.29) is 0 Å². The average Bonchev–Trinajstić information content (AvgIpc) is 3.00. The number of unbranched alkanes of at least 4 members (excludes halogenated alkanes) is 3. The van der Waals surface area contributed by atoms with E-state index in [0.717, 1.165) is 17.9 Å². The van der Waals surface area contributed by atoms with Crippen molar-refractivity contribution in [1.29, 1.82) is 0 Å². The molecule has 0 saturated carbocycles. The van der Waals surface area contributed by atoms with Crippen LogP contribution in [0.3, 0.4) is 0 Å². The summed E-state index contributed by atoms with van der Waals surface area (Å²) in [6.07, 6.45) is 12.3. The van der Waals surface area contributed by atoms with E-state index in [1.54, 1.807) is 6.20 Å². The molecule has 0 aliphatic carbocycles. The summed E-state index contributed by atoms with van der Waals surface area (Å²) >= 11 is 0. The Bertz CT molecular complexity index is 1090. The Kier molecular flexibility index (Phi) is 16.5. The van der Waals surface area contributed by atoms with Gasteiger partial charge in [0.15, 0.2) is 5.82 Å². The summed E-state index contributed by atoms with van der Waals surface area (Å²) in [5.41, 5.74) is 2.17. The van der Waals surface area contributed by atoms with Crippen LogP contribution in [0.4, 0.5) is 29.0 Å². The summed E-state index contributed by atoms with van der Waals surface area (Å²) < 4.78 is 0. The van der Waals surface area contributed by atoms with Crippen LogP contribution in [-0.4, -0.2) is 52.4 Å². The smallest absolute Gasteiger partial charge is 0.243 e. The highest BCUT2D eigenvalue weighted by molar-refractivity contribution is 5.54. The molecule has 244 valence electrons. The van der Waals surface area contributed by atoms with E-state index in [1.807, 2.05) is 36.5 Å². The Hall–Kier alpha value is -3.42. The molecule has 0 aliphatic heterocycles. The van der Waals surface area contributed by atoms with Crippen molar-refractivity contribution in [3.63, 3.8) is 0 Å². The normalized spacial score (nSPS) is 13.1. The number of pyridine rings is 1. The summed E-state index contributed by atoms with van der Waals surface area (Å²) in [5, 5.41) is 14.7. The molecule has 1 aromatic carbocycles. The second-order valence-corrected chi connectivity index (χ2v) is 13.1. The molecule has 2 aromatic heterocycles. The number of rotatable bonds is 17. The Balaban J connectivity index is 0.000000307. The van der Waals surface area contributed by atoms with Gasteiger partial charge in [0, 0.05) is 37.9 Å². The molecule has 3 atom stereocenters. The molecule has 2 N–H and O–H groups in total. The van der Waals surface area contributed by atoms with Crippen LogP contribution in [0.15, 0.2) is 54.9 Å². The molecule has 0 bridgehead atoms. The fourth-order valence-electron chi connectivity index (χ4n) is 5.19. The van der Waals surface area contributed by atoms with E-state index in [4.69, 9.17) is 0 Å². The Morgan fingerprint density at radius 1 is 0.705 bits per heavy atom. The monoisotopic (exact) mass is 604 g/mol. The van der Waals surface area contributed by atoms with Crippen molar-refractivity contribution >= 4 is 29.0 Å². The molecule has 44 heavy (non-hydrogen) atoms. The number of nitrogens with one attached hydrogen (secondary N) is 2. The first-order valence-corrected chi connectivity index (χ1v) is 16.7. The molecule has 8 nitrogen and oxygen atoms in total. The third-order valence-corrected chi connectivity index (χ3v) is 7.92. The zero-order chi connectivity index (χ0) is 32.5. The predicted octanol–water partition coefficient (Wildman–Crippen LogP) is 9.21. The fourth-order valence-corrected chi connectivity index (χ4v) is 5.19. The van der Waals surface area contributed by atoms with Crippen LogP contribution in [0.1, 0.15) is 100 Å². The Morgan fingerprint density at radius 2 is 1.36 bits per heavy atom. The molecule has 0 radical (unpaired) electrons. The van der Waals surface area contributed by atoms with Gasteiger partial charge in [-0.25, -0.2) is 9.97 Å². The highest BCUT2D eigenvalue weighted by atomic mass is 15.3. The second-order valence-electron chi connectivity index (χ2n) is 13.1. The van der Waals surface area contributed by atoms with Gasteiger partial charge in [0.1, 0.15) is 5.82 Å². The molecular weight excluding hydrogens is 544 g/mol. The summed E-state index contributed by atoms with van der Waals surface area (Å²) in [6.45, 7) is 18.0. The molecule has 8 heteroatoms. The van der Waals surface area contributed by atoms with Crippen molar-refractivity contribution in [2.75, 3.05) is 34.5 Å². The molecule has 0 aliphatic rings. The van der Waals surface area contributed by atoms with Gasteiger partial charge < -0.3 is 20.4 Å². The Morgan fingerprint density at radius 3 is 1.91 bits per heavy atom. The first kappa shape index (κ1) is 36.8. The molecular formula is C36H60N8. The van der Waals surface area contributed by atoms with Crippen molar-refractivity contribution in [3.8, 4) is 0 Å². The topological polar surface area (TPSA) is 82.1 Å². The fraction of sp³-hybridized carbons (Fsp3) is 0.611. The average molecular weight is 605 g/mol. The molecule has 3 unspecified atom stereocenters. The molecule has 3 rings (SSSR count). The van der Waals surface area contributed by atoms with Crippen molar-refractivity contribution in [2.45, 2.75) is 118 Å². The van der Waals surface area contributed by atoms with Gasteiger partial charge >= 0.3 is 0 Å². The number of benzene rings is 1. The molecule has 0 spiro atoms. The SMILES string of the molecule is CC(C)CC(C)N(C)c1ccc(N(C)C(C)CC(C)C)nc1.CCCCCCC(C)Nc1ncc(Nc2ccccc2)nn1. The van der Waals surface area contributed by atoms with Gasteiger partial charge in [-0.3, -0.25) is 0 Å². The third-order valence-electron chi connectivity index (χ3n) is 7.92. The summed E-state index contributed by atoms with van der Waals surface area (Å²) in [5.74, 6) is 3.71.